The molecule has 9 heteroatoms. The maximum atomic E-state index is 13.7. The summed E-state index contributed by atoms with van der Waals surface area (Å²) >= 11 is 0. The van der Waals surface area contributed by atoms with E-state index in [0.29, 0.717) is 31.1 Å². The van der Waals surface area contributed by atoms with Gasteiger partial charge < -0.3 is 29.8 Å². The van der Waals surface area contributed by atoms with Crippen molar-refractivity contribution >= 4 is 17.5 Å². The zero-order valence-electron chi connectivity index (χ0n) is 22.2. The number of benzene rings is 2. The van der Waals surface area contributed by atoms with Crippen LogP contribution in [0.4, 0.5) is 5.69 Å². The van der Waals surface area contributed by atoms with E-state index in [-0.39, 0.29) is 17.7 Å². The predicted octanol–water partition coefficient (Wildman–Crippen LogP) is 3.49. The first-order valence-corrected chi connectivity index (χ1v) is 13.7. The van der Waals surface area contributed by atoms with Crippen LogP contribution in [0.2, 0.25) is 0 Å². The summed E-state index contributed by atoms with van der Waals surface area (Å²) in [6.45, 7) is 6.53. The second-order valence-corrected chi connectivity index (χ2v) is 11.3. The summed E-state index contributed by atoms with van der Waals surface area (Å²) in [7, 11) is 0. The Bertz CT molecular complexity index is 1480. The van der Waals surface area contributed by atoms with Gasteiger partial charge in [-0.25, -0.2) is 4.98 Å². The van der Waals surface area contributed by atoms with Gasteiger partial charge in [0.1, 0.15) is 35.1 Å². The smallest absolute Gasteiger partial charge is 0.249 e. The van der Waals surface area contributed by atoms with Crippen molar-refractivity contribution in [3.8, 4) is 5.75 Å². The average Bonchev–Trinajstić information content (AvgIpc) is 3.69. The molecule has 3 N–H and O–H groups in total. The number of aryl methyl sites for hydroxylation is 1. The standard InChI is InChI=1S/C30H32N4O5/c1-15(2)24-28-31-16(3)25(39-28)30-18-7-4-5-8-20(18)33-29(30)38-22-11-10-17(13-19(22)30)14-21(26(35)34-24)32-27(36)23-9-6-12-37-23/h4-5,7-8,10-11,13,15,21,23-24,29,33H,6,9,12,14H2,1-3H3,(H,32,36)(H,34,35)/t21-,23+,24-,29?,30?/m0/s1. The van der Waals surface area contributed by atoms with E-state index in [1.807, 2.05) is 51.1 Å². The van der Waals surface area contributed by atoms with E-state index < -0.39 is 29.8 Å². The van der Waals surface area contributed by atoms with Crippen LogP contribution >= 0.6 is 0 Å². The summed E-state index contributed by atoms with van der Waals surface area (Å²) in [5.74, 6) is 1.36. The number of hydrogen-bond acceptors (Lipinski definition) is 7. The van der Waals surface area contributed by atoms with E-state index in [2.05, 4.69) is 28.1 Å². The molecule has 1 saturated heterocycles. The maximum Gasteiger partial charge on any atom is 0.249 e. The van der Waals surface area contributed by atoms with Crippen molar-refractivity contribution < 1.29 is 23.5 Å². The minimum atomic E-state index is -0.793. The largest absolute Gasteiger partial charge is 0.469 e. The highest BCUT2D eigenvalue weighted by atomic mass is 16.5. The Morgan fingerprint density at radius 1 is 1.15 bits per heavy atom. The Morgan fingerprint density at radius 2 is 2.00 bits per heavy atom. The van der Waals surface area contributed by atoms with Gasteiger partial charge in [0, 0.05) is 24.3 Å². The monoisotopic (exact) mass is 528 g/mol. The van der Waals surface area contributed by atoms with Crippen LogP contribution in [0.1, 0.15) is 66.8 Å². The zero-order chi connectivity index (χ0) is 26.9. The van der Waals surface area contributed by atoms with Gasteiger partial charge in [0.25, 0.3) is 0 Å². The van der Waals surface area contributed by atoms with Crippen LogP contribution in [0.3, 0.4) is 0 Å². The van der Waals surface area contributed by atoms with Crippen LogP contribution < -0.4 is 20.7 Å². The number of amides is 2. The fourth-order valence-corrected chi connectivity index (χ4v) is 6.53. The third-order valence-corrected chi connectivity index (χ3v) is 8.44. The van der Waals surface area contributed by atoms with Gasteiger partial charge in [-0.05, 0) is 48.9 Å². The summed E-state index contributed by atoms with van der Waals surface area (Å²) in [6, 6.07) is 12.9. The molecule has 1 aromatic heterocycles. The van der Waals surface area contributed by atoms with E-state index in [0.717, 1.165) is 40.2 Å². The first-order valence-electron chi connectivity index (χ1n) is 13.7. The highest BCUT2D eigenvalue weighted by Gasteiger charge is 2.60. The van der Waals surface area contributed by atoms with Crippen molar-refractivity contribution in [1.29, 1.82) is 0 Å². The van der Waals surface area contributed by atoms with Gasteiger partial charge in [-0.1, -0.05) is 44.2 Å². The van der Waals surface area contributed by atoms with Crippen molar-refractivity contribution in [2.24, 2.45) is 5.92 Å². The Morgan fingerprint density at radius 3 is 2.79 bits per heavy atom. The van der Waals surface area contributed by atoms with Crippen LogP contribution in [-0.2, 0) is 26.2 Å². The molecule has 9 nitrogen and oxygen atoms in total. The molecule has 0 radical (unpaired) electrons. The number of ether oxygens (including phenoxy) is 2. The molecular formula is C30H32N4O5. The molecule has 202 valence electrons. The van der Waals surface area contributed by atoms with Crippen molar-refractivity contribution in [3.05, 3.63) is 76.5 Å². The molecule has 2 aromatic carbocycles. The Kier molecular flexibility index (Phi) is 5.49. The van der Waals surface area contributed by atoms with Crippen LogP contribution in [0.15, 0.2) is 46.9 Å². The van der Waals surface area contributed by atoms with E-state index in [1.54, 1.807) is 0 Å². The number of para-hydroxylation sites is 1. The van der Waals surface area contributed by atoms with Crippen LogP contribution in [0, 0.1) is 12.8 Å². The molecular weight excluding hydrogens is 496 g/mol. The Labute approximate surface area is 226 Å². The molecule has 5 atom stereocenters. The number of rotatable bonds is 3. The molecule has 3 aromatic rings. The molecule has 4 aliphatic heterocycles. The van der Waals surface area contributed by atoms with Crippen molar-refractivity contribution in [3.63, 3.8) is 0 Å². The Hall–Kier alpha value is -3.85. The Balaban J connectivity index is 1.41. The lowest BCUT2D eigenvalue weighted by Crippen LogP contribution is -2.51. The number of carbonyl (C=O) groups is 2. The predicted molar refractivity (Wildman–Crippen MR) is 142 cm³/mol. The van der Waals surface area contributed by atoms with Gasteiger partial charge in [-0.2, -0.15) is 0 Å². The minimum Gasteiger partial charge on any atom is -0.469 e. The second-order valence-electron chi connectivity index (χ2n) is 11.3. The molecule has 5 heterocycles. The summed E-state index contributed by atoms with van der Waals surface area (Å²) in [4.78, 5) is 31.6. The van der Waals surface area contributed by atoms with Crippen molar-refractivity contribution in [2.45, 2.75) is 69.9 Å². The lowest BCUT2D eigenvalue weighted by atomic mass is 9.72. The number of hydrogen-bond donors (Lipinski definition) is 3. The number of aromatic nitrogens is 1. The molecule has 39 heavy (non-hydrogen) atoms. The summed E-state index contributed by atoms with van der Waals surface area (Å²) in [6.07, 6.45) is 0.864. The summed E-state index contributed by atoms with van der Waals surface area (Å²) < 4.78 is 18.7. The zero-order valence-corrected chi connectivity index (χ0v) is 22.2. The van der Waals surface area contributed by atoms with Gasteiger partial charge in [0.2, 0.25) is 17.7 Å². The van der Waals surface area contributed by atoms with E-state index in [4.69, 9.17) is 18.9 Å². The van der Waals surface area contributed by atoms with Gasteiger partial charge in [0.15, 0.2) is 6.23 Å². The molecule has 1 spiro atoms. The van der Waals surface area contributed by atoms with Crippen molar-refractivity contribution in [1.82, 2.24) is 15.6 Å². The lowest BCUT2D eigenvalue weighted by Gasteiger charge is -2.29. The second kappa shape index (κ2) is 8.84. The lowest BCUT2D eigenvalue weighted by molar-refractivity contribution is -0.135. The topological polar surface area (TPSA) is 115 Å². The number of carbonyl (C=O) groups excluding carboxylic acids is 2. The van der Waals surface area contributed by atoms with E-state index in [1.165, 1.54) is 0 Å². The number of nitrogens with one attached hydrogen (secondary N) is 3. The van der Waals surface area contributed by atoms with E-state index in [9.17, 15) is 9.59 Å². The average molecular weight is 529 g/mol. The summed E-state index contributed by atoms with van der Waals surface area (Å²) in [5.41, 5.74) is 3.91. The van der Waals surface area contributed by atoms with Gasteiger partial charge in [0.05, 0.1) is 5.69 Å². The van der Waals surface area contributed by atoms with Gasteiger partial charge in [-0.3, -0.25) is 9.59 Å². The number of fused-ring (bicyclic) bond motifs is 4. The number of oxazole rings is 1. The SMILES string of the molecule is Cc1nc2oc1C13c4ccccc4NC1Oc1ccc(cc13)C[C@H](NC(=O)[C@H]1CCCO1)C(=O)N[C@H]2C(C)C. The molecule has 7 rings (SSSR count). The fraction of sp³-hybridized carbons (Fsp3) is 0.433. The summed E-state index contributed by atoms with van der Waals surface area (Å²) in [5, 5.41) is 9.67. The fourth-order valence-electron chi connectivity index (χ4n) is 6.53. The number of nitrogens with zero attached hydrogens (tertiary/aromatic N) is 1. The van der Waals surface area contributed by atoms with Crippen LogP contribution in [-0.4, -0.2) is 41.8 Å². The van der Waals surface area contributed by atoms with Gasteiger partial charge >= 0.3 is 0 Å². The maximum absolute atomic E-state index is 13.7. The van der Waals surface area contributed by atoms with Crippen LogP contribution in [0.5, 0.6) is 5.75 Å². The van der Waals surface area contributed by atoms with Crippen molar-refractivity contribution in [2.75, 3.05) is 11.9 Å². The third kappa shape index (κ3) is 3.59. The molecule has 4 bridgehead atoms. The van der Waals surface area contributed by atoms with E-state index >= 15 is 0 Å². The van der Waals surface area contributed by atoms with Gasteiger partial charge in [-0.15, -0.1) is 0 Å². The molecule has 0 aliphatic carbocycles. The molecule has 2 unspecified atom stereocenters. The quantitative estimate of drug-likeness (QED) is 0.477. The minimum absolute atomic E-state index is 0.00666. The first-order chi connectivity index (χ1) is 18.9. The third-order valence-electron chi connectivity index (χ3n) is 8.44. The van der Waals surface area contributed by atoms with Crippen LogP contribution in [0.25, 0.3) is 0 Å². The molecule has 2 amide bonds. The molecule has 1 fully saturated rings. The normalized spacial score (nSPS) is 28.5. The highest BCUT2D eigenvalue weighted by Crippen LogP contribution is 2.58. The number of anilines is 1. The molecule has 4 aliphatic rings. The molecule has 0 saturated carbocycles. The first kappa shape index (κ1) is 24.2. The highest BCUT2D eigenvalue weighted by molar-refractivity contribution is 5.90.